The van der Waals surface area contributed by atoms with E-state index in [0.717, 1.165) is 24.5 Å². The Balaban J connectivity index is 1.84. The molecule has 0 saturated heterocycles. The lowest BCUT2D eigenvalue weighted by Crippen LogP contribution is -2.20. The molecule has 18 heavy (non-hydrogen) atoms. The van der Waals surface area contributed by atoms with Crippen molar-refractivity contribution in [3.63, 3.8) is 0 Å². The first-order chi connectivity index (χ1) is 8.83. The summed E-state index contributed by atoms with van der Waals surface area (Å²) in [5, 5.41) is 3.97. The van der Waals surface area contributed by atoms with E-state index in [1.54, 1.807) is 12.3 Å². The van der Waals surface area contributed by atoms with Crippen LogP contribution < -0.4 is 10.1 Å². The first kappa shape index (κ1) is 11.4. The van der Waals surface area contributed by atoms with E-state index in [9.17, 15) is 0 Å². The number of para-hydroxylation sites is 1. The molecule has 2 heterocycles. The SMILES string of the molecule is Clc1ccc(NC2CCOc3ccccc32)cn1. The fourth-order valence-electron chi connectivity index (χ4n) is 2.15. The lowest BCUT2D eigenvalue weighted by atomic mass is 10.0. The van der Waals surface area contributed by atoms with Crippen LogP contribution in [0.2, 0.25) is 5.15 Å². The number of aromatic nitrogens is 1. The van der Waals surface area contributed by atoms with Crippen molar-refractivity contribution in [1.82, 2.24) is 4.98 Å². The van der Waals surface area contributed by atoms with Gasteiger partial charge in [0.25, 0.3) is 0 Å². The number of hydrogen-bond acceptors (Lipinski definition) is 3. The second-order valence-electron chi connectivity index (χ2n) is 4.24. The van der Waals surface area contributed by atoms with Crippen molar-refractivity contribution in [3.8, 4) is 5.75 Å². The molecule has 92 valence electrons. The van der Waals surface area contributed by atoms with Crippen molar-refractivity contribution in [3.05, 3.63) is 53.3 Å². The zero-order chi connectivity index (χ0) is 12.4. The zero-order valence-corrected chi connectivity index (χ0v) is 10.5. The third-order valence-corrected chi connectivity index (χ3v) is 3.25. The first-order valence-electron chi connectivity index (χ1n) is 5.93. The monoisotopic (exact) mass is 260 g/mol. The summed E-state index contributed by atoms with van der Waals surface area (Å²) < 4.78 is 5.63. The van der Waals surface area contributed by atoms with Crippen LogP contribution in [0, 0.1) is 0 Å². The number of benzene rings is 1. The van der Waals surface area contributed by atoms with E-state index in [2.05, 4.69) is 16.4 Å². The Bertz CT molecular complexity index is 542. The molecule has 0 saturated carbocycles. The van der Waals surface area contributed by atoms with Crippen LogP contribution >= 0.6 is 11.6 Å². The van der Waals surface area contributed by atoms with Crippen LogP contribution in [0.4, 0.5) is 5.69 Å². The molecular formula is C14H13ClN2O. The third-order valence-electron chi connectivity index (χ3n) is 3.03. The molecule has 2 aromatic rings. The van der Waals surface area contributed by atoms with Crippen molar-refractivity contribution in [2.24, 2.45) is 0 Å². The topological polar surface area (TPSA) is 34.1 Å². The minimum atomic E-state index is 0.262. The van der Waals surface area contributed by atoms with Gasteiger partial charge in [0.15, 0.2) is 0 Å². The number of anilines is 1. The molecule has 0 aliphatic carbocycles. The van der Waals surface area contributed by atoms with Crippen molar-refractivity contribution >= 4 is 17.3 Å². The molecule has 0 fully saturated rings. The number of halogens is 1. The first-order valence-corrected chi connectivity index (χ1v) is 6.30. The van der Waals surface area contributed by atoms with E-state index >= 15 is 0 Å². The molecule has 1 unspecified atom stereocenters. The molecule has 3 rings (SSSR count). The number of hydrogen-bond donors (Lipinski definition) is 1. The van der Waals surface area contributed by atoms with E-state index in [-0.39, 0.29) is 6.04 Å². The number of fused-ring (bicyclic) bond motifs is 1. The van der Waals surface area contributed by atoms with Gasteiger partial charge in [0.05, 0.1) is 24.5 Å². The van der Waals surface area contributed by atoms with E-state index < -0.39 is 0 Å². The Morgan fingerprint density at radius 3 is 2.94 bits per heavy atom. The van der Waals surface area contributed by atoms with Gasteiger partial charge in [0.1, 0.15) is 10.9 Å². The summed E-state index contributed by atoms with van der Waals surface area (Å²) in [4.78, 5) is 4.07. The van der Waals surface area contributed by atoms with Gasteiger partial charge in [-0.05, 0) is 18.2 Å². The summed E-state index contributed by atoms with van der Waals surface area (Å²) in [5.41, 5.74) is 2.17. The molecule has 0 bridgehead atoms. The van der Waals surface area contributed by atoms with E-state index in [1.807, 2.05) is 24.3 Å². The van der Waals surface area contributed by atoms with Crippen LogP contribution in [0.25, 0.3) is 0 Å². The molecular weight excluding hydrogens is 248 g/mol. The van der Waals surface area contributed by atoms with Crippen molar-refractivity contribution in [1.29, 1.82) is 0 Å². The average Bonchev–Trinajstić information content (AvgIpc) is 2.42. The van der Waals surface area contributed by atoms with Crippen LogP contribution in [-0.2, 0) is 0 Å². The second-order valence-corrected chi connectivity index (χ2v) is 4.63. The summed E-state index contributed by atoms with van der Waals surface area (Å²) in [6.07, 6.45) is 2.69. The van der Waals surface area contributed by atoms with Gasteiger partial charge in [-0.3, -0.25) is 0 Å². The lowest BCUT2D eigenvalue weighted by molar-refractivity contribution is 0.274. The molecule has 1 aliphatic heterocycles. The Hall–Kier alpha value is -1.74. The van der Waals surface area contributed by atoms with Crippen LogP contribution in [0.5, 0.6) is 5.75 Å². The average molecular weight is 261 g/mol. The normalized spacial score (nSPS) is 17.7. The number of nitrogens with one attached hydrogen (secondary N) is 1. The maximum Gasteiger partial charge on any atom is 0.129 e. The predicted molar refractivity (Wildman–Crippen MR) is 72.2 cm³/mol. The van der Waals surface area contributed by atoms with E-state index in [1.165, 1.54) is 5.56 Å². The van der Waals surface area contributed by atoms with Gasteiger partial charge in [-0.2, -0.15) is 0 Å². The summed E-state index contributed by atoms with van der Waals surface area (Å²) in [6.45, 7) is 0.732. The van der Waals surface area contributed by atoms with Crippen LogP contribution in [0.1, 0.15) is 18.0 Å². The Labute approximate surface area is 111 Å². The molecule has 1 atom stereocenters. The third kappa shape index (κ3) is 2.27. The largest absolute Gasteiger partial charge is 0.493 e. The predicted octanol–water partition coefficient (Wildman–Crippen LogP) is 3.67. The highest BCUT2D eigenvalue weighted by atomic mass is 35.5. The van der Waals surface area contributed by atoms with Crippen LogP contribution in [0.15, 0.2) is 42.6 Å². The minimum Gasteiger partial charge on any atom is -0.493 e. The summed E-state index contributed by atoms with van der Waals surface area (Å²) in [7, 11) is 0. The van der Waals surface area contributed by atoms with Crippen LogP contribution in [0.3, 0.4) is 0 Å². The smallest absolute Gasteiger partial charge is 0.129 e. The molecule has 1 aliphatic rings. The maximum atomic E-state index is 5.78. The molecule has 1 aromatic heterocycles. The van der Waals surface area contributed by atoms with Gasteiger partial charge in [0.2, 0.25) is 0 Å². The van der Waals surface area contributed by atoms with Crippen molar-refractivity contribution in [2.45, 2.75) is 12.5 Å². The highest BCUT2D eigenvalue weighted by molar-refractivity contribution is 6.29. The zero-order valence-electron chi connectivity index (χ0n) is 9.77. The summed E-state index contributed by atoms with van der Waals surface area (Å²) >= 11 is 5.78. The quantitative estimate of drug-likeness (QED) is 0.837. The van der Waals surface area contributed by atoms with Crippen molar-refractivity contribution < 1.29 is 4.74 Å². The van der Waals surface area contributed by atoms with Gasteiger partial charge < -0.3 is 10.1 Å². The number of pyridine rings is 1. The fourth-order valence-corrected chi connectivity index (χ4v) is 2.27. The maximum absolute atomic E-state index is 5.78. The molecule has 1 aromatic carbocycles. The summed E-state index contributed by atoms with van der Waals surface area (Å²) in [6, 6.07) is 12.1. The second kappa shape index (κ2) is 4.86. The Morgan fingerprint density at radius 1 is 1.22 bits per heavy atom. The number of ether oxygens (including phenoxy) is 1. The molecule has 3 nitrogen and oxygen atoms in total. The Kier molecular flexibility index (Phi) is 3.07. The molecule has 0 amide bonds. The number of nitrogens with zero attached hydrogens (tertiary/aromatic N) is 1. The van der Waals surface area contributed by atoms with Gasteiger partial charge in [-0.1, -0.05) is 29.8 Å². The standard InChI is InChI=1S/C14H13ClN2O/c15-14-6-5-10(9-16-14)17-12-7-8-18-13-4-2-1-3-11(12)13/h1-6,9,12,17H,7-8H2. The molecule has 4 heteroatoms. The van der Waals surface area contributed by atoms with E-state index in [4.69, 9.17) is 16.3 Å². The lowest BCUT2D eigenvalue weighted by Gasteiger charge is -2.27. The van der Waals surface area contributed by atoms with E-state index in [0.29, 0.717) is 5.15 Å². The molecule has 0 radical (unpaired) electrons. The molecule has 0 spiro atoms. The fraction of sp³-hybridized carbons (Fsp3) is 0.214. The number of rotatable bonds is 2. The van der Waals surface area contributed by atoms with Gasteiger partial charge in [0, 0.05) is 12.0 Å². The minimum absolute atomic E-state index is 0.262. The van der Waals surface area contributed by atoms with Gasteiger partial charge in [-0.25, -0.2) is 4.98 Å². The Morgan fingerprint density at radius 2 is 2.11 bits per heavy atom. The highest BCUT2D eigenvalue weighted by Gasteiger charge is 2.20. The highest BCUT2D eigenvalue weighted by Crippen LogP contribution is 2.33. The van der Waals surface area contributed by atoms with Crippen molar-refractivity contribution in [2.75, 3.05) is 11.9 Å². The summed E-state index contributed by atoms with van der Waals surface area (Å²) in [5.74, 6) is 0.961. The van der Waals surface area contributed by atoms with Crippen LogP contribution in [-0.4, -0.2) is 11.6 Å². The molecule has 1 N–H and O–H groups in total. The van der Waals surface area contributed by atoms with Gasteiger partial charge in [-0.15, -0.1) is 0 Å². The van der Waals surface area contributed by atoms with Gasteiger partial charge >= 0.3 is 0 Å².